The summed E-state index contributed by atoms with van der Waals surface area (Å²) in [6, 6.07) is 8.62. The van der Waals surface area contributed by atoms with Crippen LogP contribution in [0.4, 0.5) is 5.69 Å². The first-order valence-electron chi connectivity index (χ1n) is 9.42. The van der Waals surface area contributed by atoms with Crippen molar-refractivity contribution in [1.29, 1.82) is 0 Å². The molecule has 0 saturated heterocycles. The molecule has 0 N–H and O–H groups in total. The van der Waals surface area contributed by atoms with E-state index in [1.165, 1.54) is 88.0 Å². The molecule has 0 spiro atoms. The predicted molar refractivity (Wildman–Crippen MR) is 110 cm³/mol. The maximum atomic E-state index is 6.11. The van der Waals surface area contributed by atoms with E-state index in [0.29, 0.717) is 4.83 Å². The highest BCUT2D eigenvalue weighted by atomic mass is 35.5. The Balaban J connectivity index is 1.52. The molecule has 0 unspecified atom stereocenters. The molecule has 133 valence electrons. The van der Waals surface area contributed by atoms with Crippen LogP contribution >= 0.6 is 23.4 Å². The molecular weight excluding hydrogens is 336 g/mol. The lowest BCUT2D eigenvalue weighted by atomic mass is 10.0. The van der Waals surface area contributed by atoms with Gasteiger partial charge in [0.15, 0.2) is 0 Å². The number of anilines is 1. The van der Waals surface area contributed by atoms with Crippen molar-refractivity contribution >= 4 is 34.6 Å². The Hall–Kier alpha value is -0.670. The van der Waals surface area contributed by atoms with Crippen molar-refractivity contribution in [2.75, 3.05) is 5.01 Å². The summed E-state index contributed by atoms with van der Waals surface area (Å²) in [4.78, 5) is 0.692. The van der Waals surface area contributed by atoms with E-state index in [1.54, 1.807) is 10.6 Å². The summed E-state index contributed by atoms with van der Waals surface area (Å²) in [6.45, 7) is 2.28. The van der Waals surface area contributed by atoms with Gasteiger partial charge < -0.3 is 0 Å². The Morgan fingerprint density at radius 1 is 0.875 bits per heavy atom. The first kappa shape index (κ1) is 19.7. The van der Waals surface area contributed by atoms with Gasteiger partial charge in [-0.25, -0.2) is 5.01 Å². The van der Waals surface area contributed by atoms with Crippen molar-refractivity contribution in [2.45, 2.75) is 77.6 Å². The molecule has 0 atom stereocenters. The van der Waals surface area contributed by atoms with Gasteiger partial charge in [0.1, 0.15) is 0 Å². The van der Waals surface area contributed by atoms with Crippen molar-refractivity contribution in [2.24, 2.45) is 5.10 Å². The average Bonchev–Trinajstić information content (AvgIpc) is 3.03. The Labute approximate surface area is 157 Å². The van der Waals surface area contributed by atoms with E-state index in [4.69, 9.17) is 11.6 Å². The molecule has 4 heteroatoms. The molecule has 1 radical (unpaired) electrons. The largest absolute Gasteiger partial charge is 0.236 e. The summed E-state index contributed by atoms with van der Waals surface area (Å²) >= 11 is 7.56. The lowest BCUT2D eigenvalue weighted by Gasteiger charge is -2.16. The van der Waals surface area contributed by atoms with Gasteiger partial charge in [-0.2, -0.15) is 5.10 Å². The van der Waals surface area contributed by atoms with Gasteiger partial charge in [0.05, 0.1) is 11.2 Å². The summed E-state index contributed by atoms with van der Waals surface area (Å²) in [6.07, 6.45) is 15.1. The SMILES string of the molecule is CCCCCCCCCCCCc1ccc(N2N=CS[C]2Cl)cc1. The number of nitrogens with zero attached hydrogens (tertiary/aromatic N) is 2. The maximum Gasteiger partial charge on any atom is 0.236 e. The summed E-state index contributed by atoms with van der Waals surface area (Å²) in [7, 11) is 0. The van der Waals surface area contributed by atoms with Gasteiger partial charge in [0.25, 0.3) is 0 Å². The van der Waals surface area contributed by atoms with Gasteiger partial charge in [-0.1, -0.05) is 100 Å². The Bertz CT molecular complexity index is 475. The van der Waals surface area contributed by atoms with Crippen LogP contribution in [0.2, 0.25) is 0 Å². The van der Waals surface area contributed by atoms with E-state index in [-0.39, 0.29) is 0 Å². The maximum absolute atomic E-state index is 6.11. The molecule has 0 fully saturated rings. The van der Waals surface area contributed by atoms with Gasteiger partial charge in [-0.15, -0.1) is 0 Å². The topological polar surface area (TPSA) is 15.6 Å². The van der Waals surface area contributed by atoms with Gasteiger partial charge in [0, 0.05) is 0 Å². The zero-order chi connectivity index (χ0) is 17.0. The van der Waals surface area contributed by atoms with E-state index in [9.17, 15) is 0 Å². The molecule has 1 aromatic rings. The van der Waals surface area contributed by atoms with Crippen LogP contribution in [0.3, 0.4) is 0 Å². The van der Waals surface area contributed by atoms with E-state index < -0.39 is 0 Å². The molecule has 1 aliphatic rings. The molecule has 0 aromatic heterocycles. The fraction of sp³-hybridized carbons (Fsp3) is 0.600. The number of thioether (sulfide) groups is 1. The minimum absolute atomic E-state index is 0.692. The van der Waals surface area contributed by atoms with Crippen LogP contribution in [0, 0.1) is 4.83 Å². The van der Waals surface area contributed by atoms with Crippen LogP contribution in [-0.2, 0) is 6.42 Å². The van der Waals surface area contributed by atoms with Crippen molar-refractivity contribution in [3.63, 3.8) is 0 Å². The highest BCUT2D eigenvalue weighted by Gasteiger charge is 2.21. The third-order valence-electron chi connectivity index (χ3n) is 4.48. The Kier molecular flexibility index (Phi) is 9.67. The minimum atomic E-state index is 0.692. The van der Waals surface area contributed by atoms with Crippen LogP contribution in [0.5, 0.6) is 0 Å². The highest BCUT2D eigenvalue weighted by Crippen LogP contribution is 2.36. The first-order valence-corrected chi connectivity index (χ1v) is 10.7. The number of hydrazone groups is 1. The standard InChI is InChI=1S/C20H30ClN2S/c1-2-3-4-5-6-7-8-9-10-11-12-18-13-15-19(16-14-18)23-20(21)24-17-22-23/h13-17H,2-12H2,1H3. The fourth-order valence-electron chi connectivity index (χ4n) is 3.00. The normalized spacial score (nSPS) is 14.7. The van der Waals surface area contributed by atoms with Crippen molar-refractivity contribution in [1.82, 2.24) is 0 Å². The van der Waals surface area contributed by atoms with Crippen LogP contribution in [-0.4, -0.2) is 5.55 Å². The number of benzene rings is 1. The third kappa shape index (κ3) is 7.06. The van der Waals surface area contributed by atoms with Gasteiger partial charge in [-0.3, -0.25) is 0 Å². The number of rotatable bonds is 12. The second-order valence-electron chi connectivity index (χ2n) is 6.50. The summed E-state index contributed by atoms with van der Waals surface area (Å²) in [5, 5.41) is 6.02. The molecule has 24 heavy (non-hydrogen) atoms. The number of hydrogen-bond acceptors (Lipinski definition) is 3. The molecule has 0 aliphatic carbocycles. The monoisotopic (exact) mass is 365 g/mol. The van der Waals surface area contributed by atoms with Gasteiger partial charge >= 0.3 is 0 Å². The average molecular weight is 366 g/mol. The van der Waals surface area contributed by atoms with E-state index in [2.05, 4.69) is 36.3 Å². The highest BCUT2D eigenvalue weighted by molar-refractivity contribution is 8.16. The quantitative estimate of drug-likeness (QED) is 0.284. The second-order valence-corrected chi connectivity index (χ2v) is 7.92. The molecule has 0 bridgehead atoms. The fourth-order valence-corrected chi connectivity index (χ4v) is 3.74. The van der Waals surface area contributed by atoms with Gasteiger partial charge in [-0.05, 0) is 30.5 Å². The first-order chi connectivity index (χ1) is 11.8. The molecular formula is C20H30ClN2S. The molecule has 0 saturated carbocycles. The van der Waals surface area contributed by atoms with Crippen molar-refractivity contribution < 1.29 is 0 Å². The Morgan fingerprint density at radius 2 is 1.46 bits per heavy atom. The molecule has 2 nitrogen and oxygen atoms in total. The van der Waals surface area contributed by atoms with Gasteiger partial charge in [0.2, 0.25) is 4.83 Å². The zero-order valence-corrected chi connectivity index (χ0v) is 16.4. The van der Waals surface area contributed by atoms with Crippen LogP contribution in [0.1, 0.15) is 76.7 Å². The van der Waals surface area contributed by atoms with E-state index >= 15 is 0 Å². The van der Waals surface area contributed by atoms with Crippen LogP contribution in [0.25, 0.3) is 0 Å². The number of unbranched alkanes of at least 4 members (excludes halogenated alkanes) is 9. The second kappa shape index (κ2) is 11.8. The molecule has 0 amide bonds. The van der Waals surface area contributed by atoms with E-state index in [1.807, 2.05) is 0 Å². The summed E-state index contributed by atoms with van der Waals surface area (Å²) < 4.78 is 0. The smallest absolute Gasteiger partial charge is 0.229 e. The summed E-state index contributed by atoms with van der Waals surface area (Å²) in [5.41, 5.74) is 4.21. The lowest BCUT2D eigenvalue weighted by molar-refractivity contribution is 0.556. The molecule has 1 heterocycles. The predicted octanol–water partition coefficient (Wildman–Crippen LogP) is 7.33. The zero-order valence-electron chi connectivity index (χ0n) is 14.8. The van der Waals surface area contributed by atoms with Crippen molar-refractivity contribution in [3.05, 3.63) is 34.7 Å². The third-order valence-corrected chi connectivity index (χ3v) is 5.47. The van der Waals surface area contributed by atoms with E-state index in [0.717, 1.165) is 5.69 Å². The van der Waals surface area contributed by atoms with Crippen molar-refractivity contribution in [3.8, 4) is 0 Å². The van der Waals surface area contributed by atoms with Crippen LogP contribution < -0.4 is 5.01 Å². The molecule has 1 aliphatic heterocycles. The number of hydrogen-bond donors (Lipinski definition) is 0. The molecule has 2 rings (SSSR count). The Morgan fingerprint density at radius 3 is 2.00 bits per heavy atom. The lowest BCUT2D eigenvalue weighted by Crippen LogP contribution is -2.11. The molecule has 1 aromatic carbocycles. The van der Waals surface area contributed by atoms with Crippen LogP contribution in [0.15, 0.2) is 29.4 Å². The number of halogens is 1. The minimum Gasteiger partial charge on any atom is -0.229 e. The number of aryl methyl sites for hydroxylation is 1. The summed E-state index contributed by atoms with van der Waals surface area (Å²) in [5.74, 6) is 0.